The molecule has 0 aliphatic heterocycles. The van der Waals surface area contributed by atoms with Gasteiger partial charge in [-0.2, -0.15) is 0 Å². The van der Waals surface area contributed by atoms with Gasteiger partial charge in [-0.15, -0.1) is 0 Å². The summed E-state index contributed by atoms with van der Waals surface area (Å²) in [7, 11) is 0. The number of hydrogen-bond acceptors (Lipinski definition) is 3. The molecule has 0 aliphatic rings. The number of pyridine rings is 1. The molecule has 0 amide bonds. The first-order valence-electron chi connectivity index (χ1n) is 7.72. The van der Waals surface area contributed by atoms with Gasteiger partial charge in [-0.3, -0.25) is 9.88 Å². The lowest BCUT2D eigenvalue weighted by Gasteiger charge is -2.23. The molecule has 1 aromatic rings. The fourth-order valence-electron chi connectivity index (χ4n) is 2.12. The van der Waals surface area contributed by atoms with Crippen molar-refractivity contribution >= 4 is 0 Å². The van der Waals surface area contributed by atoms with E-state index in [0.29, 0.717) is 5.92 Å². The zero-order valence-corrected chi connectivity index (χ0v) is 14.0. The quantitative estimate of drug-likeness (QED) is 0.827. The van der Waals surface area contributed by atoms with E-state index in [1.165, 1.54) is 5.69 Å². The molecule has 0 saturated heterocycles. The van der Waals surface area contributed by atoms with Crippen LogP contribution in [0.4, 0.5) is 0 Å². The molecule has 3 heteroatoms. The molecule has 0 spiro atoms. The largest absolute Gasteiger partial charge is 0.306 e. The van der Waals surface area contributed by atoms with Gasteiger partial charge in [-0.05, 0) is 45.4 Å². The molecule has 0 atom stereocenters. The van der Waals surface area contributed by atoms with Gasteiger partial charge in [0.05, 0.1) is 11.4 Å². The SMILES string of the molecule is CCN(Cc1cccc(CNC(C)(C)C)n1)CC(C)C. The molecule has 0 aliphatic carbocycles. The fraction of sp³-hybridized carbons (Fsp3) is 0.706. The topological polar surface area (TPSA) is 28.2 Å². The third kappa shape index (κ3) is 7.01. The summed E-state index contributed by atoms with van der Waals surface area (Å²) < 4.78 is 0. The van der Waals surface area contributed by atoms with Crippen molar-refractivity contribution in [2.24, 2.45) is 5.92 Å². The Bertz CT molecular complexity index is 393. The zero-order valence-electron chi connectivity index (χ0n) is 14.0. The molecule has 114 valence electrons. The maximum Gasteiger partial charge on any atom is 0.0547 e. The summed E-state index contributed by atoms with van der Waals surface area (Å²) in [4.78, 5) is 7.22. The highest BCUT2D eigenvalue weighted by Crippen LogP contribution is 2.08. The summed E-state index contributed by atoms with van der Waals surface area (Å²) in [5, 5.41) is 3.49. The van der Waals surface area contributed by atoms with E-state index in [1.807, 2.05) is 0 Å². The smallest absolute Gasteiger partial charge is 0.0547 e. The van der Waals surface area contributed by atoms with E-state index >= 15 is 0 Å². The number of hydrogen-bond donors (Lipinski definition) is 1. The maximum atomic E-state index is 4.77. The number of nitrogens with one attached hydrogen (secondary N) is 1. The first-order valence-corrected chi connectivity index (χ1v) is 7.72. The Morgan fingerprint density at radius 2 is 1.85 bits per heavy atom. The summed E-state index contributed by atoms with van der Waals surface area (Å²) in [5.74, 6) is 0.695. The number of aromatic nitrogens is 1. The summed E-state index contributed by atoms with van der Waals surface area (Å²) in [6.45, 7) is 17.3. The highest BCUT2D eigenvalue weighted by molar-refractivity contribution is 5.11. The van der Waals surface area contributed by atoms with Crippen LogP contribution in [0, 0.1) is 5.92 Å². The van der Waals surface area contributed by atoms with Crippen LogP contribution in [-0.2, 0) is 13.1 Å². The first kappa shape index (κ1) is 17.1. The van der Waals surface area contributed by atoms with Crippen molar-refractivity contribution in [3.63, 3.8) is 0 Å². The minimum Gasteiger partial charge on any atom is -0.306 e. The molecule has 0 unspecified atom stereocenters. The normalized spacial score (nSPS) is 12.4. The van der Waals surface area contributed by atoms with Crippen molar-refractivity contribution in [1.82, 2.24) is 15.2 Å². The third-order valence-electron chi connectivity index (χ3n) is 3.12. The molecule has 3 nitrogen and oxygen atoms in total. The Morgan fingerprint density at radius 1 is 1.20 bits per heavy atom. The van der Waals surface area contributed by atoms with Gasteiger partial charge >= 0.3 is 0 Å². The van der Waals surface area contributed by atoms with Crippen LogP contribution in [-0.4, -0.2) is 28.5 Å². The molecular weight excluding hydrogens is 246 g/mol. The van der Waals surface area contributed by atoms with Crippen molar-refractivity contribution in [3.8, 4) is 0 Å². The van der Waals surface area contributed by atoms with Crippen LogP contribution in [0.1, 0.15) is 52.9 Å². The van der Waals surface area contributed by atoms with Crippen LogP contribution in [0.5, 0.6) is 0 Å². The van der Waals surface area contributed by atoms with Crippen LogP contribution in [0.15, 0.2) is 18.2 Å². The summed E-state index contributed by atoms with van der Waals surface area (Å²) in [6, 6.07) is 6.34. The first-order chi connectivity index (χ1) is 9.30. The van der Waals surface area contributed by atoms with Gasteiger partial charge < -0.3 is 5.32 Å². The minimum absolute atomic E-state index is 0.130. The second-order valence-electron chi connectivity index (χ2n) is 6.95. The van der Waals surface area contributed by atoms with Crippen molar-refractivity contribution in [2.45, 2.75) is 60.2 Å². The van der Waals surface area contributed by atoms with E-state index in [9.17, 15) is 0 Å². The third-order valence-corrected chi connectivity index (χ3v) is 3.12. The molecule has 1 N–H and O–H groups in total. The highest BCUT2D eigenvalue weighted by Gasteiger charge is 2.10. The van der Waals surface area contributed by atoms with Crippen molar-refractivity contribution < 1.29 is 0 Å². The molecule has 1 heterocycles. The fourth-order valence-corrected chi connectivity index (χ4v) is 2.12. The average molecular weight is 277 g/mol. The maximum absolute atomic E-state index is 4.77. The van der Waals surface area contributed by atoms with E-state index in [1.54, 1.807) is 0 Å². The second-order valence-corrected chi connectivity index (χ2v) is 6.95. The monoisotopic (exact) mass is 277 g/mol. The van der Waals surface area contributed by atoms with Crippen molar-refractivity contribution in [1.29, 1.82) is 0 Å². The summed E-state index contributed by atoms with van der Waals surface area (Å²) in [6.07, 6.45) is 0. The molecular formula is C17H31N3. The van der Waals surface area contributed by atoms with Crippen LogP contribution in [0.2, 0.25) is 0 Å². The van der Waals surface area contributed by atoms with E-state index in [4.69, 9.17) is 4.98 Å². The van der Waals surface area contributed by atoms with Gasteiger partial charge in [-0.25, -0.2) is 0 Å². The lowest BCUT2D eigenvalue weighted by Crippen LogP contribution is -2.35. The number of rotatable bonds is 7. The molecule has 0 fully saturated rings. The lowest BCUT2D eigenvalue weighted by atomic mass is 10.1. The van der Waals surface area contributed by atoms with E-state index in [0.717, 1.165) is 31.9 Å². The van der Waals surface area contributed by atoms with Gasteiger partial charge in [0.15, 0.2) is 0 Å². The van der Waals surface area contributed by atoms with Crippen LogP contribution in [0.25, 0.3) is 0 Å². The average Bonchev–Trinajstić information content (AvgIpc) is 2.35. The van der Waals surface area contributed by atoms with Crippen molar-refractivity contribution in [2.75, 3.05) is 13.1 Å². The molecule has 20 heavy (non-hydrogen) atoms. The van der Waals surface area contributed by atoms with Gasteiger partial charge in [0.1, 0.15) is 0 Å². The highest BCUT2D eigenvalue weighted by atomic mass is 15.1. The Morgan fingerprint density at radius 3 is 2.40 bits per heavy atom. The zero-order chi connectivity index (χ0) is 15.2. The van der Waals surface area contributed by atoms with Gasteiger partial charge in [0.25, 0.3) is 0 Å². The minimum atomic E-state index is 0.130. The molecule has 1 rings (SSSR count). The lowest BCUT2D eigenvalue weighted by molar-refractivity contribution is 0.245. The molecule has 0 bridgehead atoms. The molecule has 0 radical (unpaired) electrons. The van der Waals surface area contributed by atoms with E-state index < -0.39 is 0 Å². The molecule has 0 aromatic carbocycles. The van der Waals surface area contributed by atoms with Crippen LogP contribution < -0.4 is 5.32 Å². The van der Waals surface area contributed by atoms with Crippen molar-refractivity contribution in [3.05, 3.63) is 29.6 Å². The molecule has 0 saturated carbocycles. The van der Waals surface area contributed by atoms with Gasteiger partial charge in [0, 0.05) is 25.2 Å². The van der Waals surface area contributed by atoms with Gasteiger partial charge in [0.2, 0.25) is 0 Å². The Hall–Kier alpha value is -0.930. The summed E-state index contributed by atoms with van der Waals surface area (Å²) in [5.41, 5.74) is 2.42. The van der Waals surface area contributed by atoms with E-state index in [2.05, 4.69) is 70.0 Å². The number of nitrogens with zero attached hydrogens (tertiary/aromatic N) is 2. The van der Waals surface area contributed by atoms with Crippen LogP contribution >= 0.6 is 0 Å². The van der Waals surface area contributed by atoms with E-state index in [-0.39, 0.29) is 5.54 Å². The van der Waals surface area contributed by atoms with Gasteiger partial charge in [-0.1, -0.05) is 26.8 Å². The standard InChI is InChI=1S/C17H31N3/c1-7-20(12-14(2)3)13-16-10-8-9-15(19-16)11-18-17(4,5)6/h8-10,14,18H,7,11-13H2,1-6H3. The predicted octanol–water partition coefficient (Wildman–Crippen LogP) is 3.45. The predicted molar refractivity (Wildman–Crippen MR) is 86.6 cm³/mol. The second kappa shape index (κ2) is 7.75. The van der Waals surface area contributed by atoms with Crippen LogP contribution in [0.3, 0.4) is 0 Å². The molecule has 1 aromatic heterocycles. The Kier molecular flexibility index (Phi) is 6.63. The Labute approximate surface area is 124 Å². The summed E-state index contributed by atoms with van der Waals surface area (Å²) >= 11 is 0. The Balaban J connectivity index is 2.62.